The van der Waals surface area contributed by atoms with E-state index in [0.29, 0.717) is 18.1 Å². The van der Waals surface area contributed by atoms with E-state index < -0.39 is 0 Å². The van der Waals surface area contributed by atoms with Gasteiger partial charge in [0.05, 0.1) is 0 Å². The highest BCUT2D eigenvalue weighted by atomic mass is 16.1. The molecule has 0 radical (unpaired) electrons. The first-order valence-electron chi connectivity index (χ1n) is 6.03. The molecule has 0 N–H and O–H groups in total. The molecule has 0 spiro atoms. The predicted octanol–water partition coefficient (Wildman–Crippen LogP) is 2.72. The van der Waals surface area contributed by atoms with Crippen molar-refractivity contribution in [3.8, 4) is 0 Å². The highest BCUT2D eigenvalue weighted by Crippen LogP contribution is 2.17. The second kappa shape index (κ2) is 7.98. The predicted molar refractivity (Wildman–Crippen MR) is 61.5 cm³/mol. The zero-order chi connectivity index (χ0) is 11.0. The number of hydrogen-bond donors (Lipinski definition) is 0. The van der Waals surface area contributed by atoms with E-state index in [4.69, 9.17) is 0 Å². The highest BCUT2D eigenvalue weighted by molar-refractivity contribution is 5.80. The largest absolute Gasteiger partial charge is 0.303 e. The van der Waals surface area contributed by atoms with Gasteiger partial charge in [-0.2, -0.15) is 0 Å². The maximum Gasteiger partial charge on any atom is 0.136 e. The van der Waals surface area contributed by atoms with Crippen LogP contribution in [0.4, 0.5) is 0 Å². The van der Waals surface area contributed by atoms with Crippen LogP contribution in [0.25, 0.3) is 0 Å². The van der Waals surface area contributed by atoms with Gasteiger partial charge < -0.3 is 4.90 Å². The Hall–Kier alpha value is -0.370. The van der Waals surface area contributed by atoms with Gasteiger partial charge >= 0.3 is 0 Å². The van der Waals surface area contributed by atoms with Crippen molar-refractivity contribution in [2.75, 3.05) is 19.6 Å². The molecule has 1 unspecified atom stereocenters. The third kappa shape index (κ3) is 4.23. The minimum atomic E-state index is 0.337. The summed E-state index contributed by atoms with van der Waals surface area (Å²) in [5, 5.41) is 0. The monoisotopic (exact) mass is 199 g/mol. The number of Topliss-reactive ketones (excluding diaryl/α,β-unsaturated/α-hetero) is 1. The van der Waals surface area contributed by atoms with Crippen molar-refractivity contribution in [1.82, 2.24) is 4.90 Å². The van der Waals surface area contributed by atoms with Crippen LogP contribution in [0.15, 0.2) is 0 Å². The molecule has 0 aromatic rings. The summed E-state index contributed by atoms with van der Waals surface area (Å²) in [6.45, 7) is 11.4. The van der Waals surface area contributed by atoms with Crippen LogP contribution < -0.4 is 0 Å². The van der Waals surface area contributed by atoms with Gasteiger partial charge in [0.2, 0.25) is 0 Å². The second-order valence-corrected chi connectivity index (χ2v) is 3.55. The SMILES string of the molecule is CC.CCC(=O)C1CCCN(CC)C1. The lowest BCUT2D eigenvalue weighted by molar-refractivity contribution is -0.124. The van der Waals surface area contributed by atoms with Crippen LogP contribution in [0, 0.1) is 5.92 Å². The molecule has 0 bridgehead atoms. The normalized spacial score (nSPS) is 22.4. The molecule has 0 aliphatic carbocycles. The lowest BCUT2D eigenvalue weighted by Crippen LogP contribution is -2.38. The van der Waals surface area contributed by atoms with Crippen molar-refractivity contribution in [2.45, 2.75) is 47.0 Å². The van der Waals surface area contributed by atoms with Crippen molar-refractivity contribution in [3.63, 3.8) is 0 Å². The Kier molecular flexibility index (Phi) is 7.77. The van der Waals surface area contributed by atoms with Gasteiger partial charge in [-0.3, -0.25) is 4.79 Å². The molecular formula is C12H25NO. The van der Waals surface area contributed by atoms with E-state index in [9.17, 15) is 4.79 Å². The summed E-state index contributed by atoms with van der Waals surface area (Å²) in [4.78, 5) is 13.8. The molecule has 2 heteroatoms. The van der Waals surface area contributed by atoms with Crippen molar-refractivity contribution < 1.29 is 4.79 Å². The summed E-state index contributed by atoms with van der Waals surface area (Å²) in [6, 6.07) is 0. The molecule has 1 aliphatic rings. The van der Waals surface area contributed by atoms with Gasteiger partial charge in [0.15, 0.2) is 0 Å². The van der Waals surface area contributed by atoms with Gasteiger partial charge in [-0.25, -0.2) is 0 Å². The third-order valence-electron chi connectivity index (χ3n) is 2.76. The average Bonchev–Trinajstić information content (AvgIpc) is 2.30. The van der Waals surface area contributed by atoms with Crippen molar-refractivity contribution in [2.24, 2.45) is 5.92 Å². The fraction of sp³-hybridized carbons (Fsp3) is 0.917. The second-order valence-electron chi connectivity index (χ2n) is 3.55. The van der Waals surface area contributed by atoms with E-state index >= 15 is 0 Å². The summed E-state index contributed by atoms with van der Waals surface area (Å²) < 4.78 is 0. The molecule has 0 aromatic carbocycles. The van der Waals surface area contributed by atoms with Gasteiger partial charge in [-0.05, 0) is 25.9 Å². The first-order chi connectivity index (χ1) is 6.77. The average molecular weight is 199 g/mol. The fourth-order valence-corrected chi connectivity index (χ4v) is 1.89. The number of hydrogen-bond acceptors (Lipinski definition) is 2. The Bertz CT molecular complexity index is 156. The third-order valence-corrected chi connectivity index (χ3v) is 2.76. The van der Waals surface area contributed by atoms with Crippen molar-refractivity contribution >= 4 is 5.78 Å². The minimum absolute atomic E-state index is 0.337. The van der Waals surface area contributed by atoms with Crippen LogP contribution in [0.3, 0.4) is 0 Å². The van der Waals surface area contributed by atoms with Crippen LogP contribution >= 0.6 is 0 Å². The molecular weight excluding hydrogens is 174 g/mol. The van der Waals surface area contributed by atoms with Crippen LogP contribution in [0.2, 0.25) is 0 Å². The fourth-order valence-electron chi connectivity index (χ4n) is 1.89. The number of carbonyl (C=O) groups is 1. The highest BCUT2D eigenvalue weighted by Gasteiger charge is 2.23. The Morgan fingerprint density at radius 2 is 2.00 bits per heavy atom. The molecule has 84 valence electrons. The number of carbonyl (C=O) groups excluding carboxylic acids is 1. The Labute approximate surface area is 88.7 Å². The lowest BCUT2D eigenvalue weighted by Gasteiger charge is -2.30. The molecule has 1 aliphatic heterocycles. The zero-order valence-electron chi connectivity index (χ0n) is 10.2. The van der Waals surface area contributed by atoms with E-state index in [-0.39, 0.29) is 0 Å². The van der Waals surface area contributed by atoms with E-state index in [1.807, 2.05) is 20.8 Å². The van der Waals surface area contributed by atoms with E-state index in [1.54, 1.807) is 0 Å². The van der Waals surface area contributed by atoms with Crippen molar-refractivity contribution in [1.29, 1.82) is 0 Å². The summed E-state index contributed by atoms with van der Waals surface area (Å²) in [5.41, 5.74) is 0. The smallest absolute Gasteiger partial charge is 0.136 e. The van der Waals surface area contributed by atoms with Crippen LogP contribution in [-0.2, 0) is 4.79 Å². The molecule has 1 heterocycles. The van der Waals surface area contributed by atoms with Gasteiger partial charge in [-0.1, -0.05) is 27.7 Å². The van der Waals surface area contributed by atoms with Crippen LogP contribution in [0.1, 0.15) is 47.0 Å². The first-order valence-corrected chi connectivity index (χ1v) is 6.03. The molecule has 0 aromatic heterocycles. The molecule has 14 heavy (non-hydrogen) atoms. The number of nitrogens with zero attached hydrogens (tertiary/aromatic N) is 1. The molecule has 1 rings (SSSR count). The number of likely N-dealkylation sites (tertiary alicyclic amines) is 1. The van der Waals surface area contributed by atoms with Crippen molar-refractivity contribution in [3.05, 3.63) is 0 Å². The Morgan fingerprint density at radius 1 is 1.36 bits per heavy atom. The van der Waals surface area contributed by atoms with Gasteiger partial charge in [0.1, 0.15) is 5.78 Å². The van der Waals surface area contributed by atoms with Gasteiger partial charge in [0, 0.05) is 18.9 Å². The molecule has 2 nitrogen and oxygen atoms in total. The molecule has 1 saturated heterocycles. The van der Waals surface area contributed by atoms with Gasteiger partial charge in [-0.15, -0.1) is 0 Å². The lowest BCUT2D eigenvalue weighted by atomic mass is 9.93. The summed E-state index contributed by atoms with van der Waals surface area (Å²) in [5.74, 6) is 0.789. The molecule has 1 fully saturated rings. The quantitative estimate of drug-likeness (QED) is 0.696. The van der Waals surface area contributed by atoms with E-state index in [0.717, 1.165) is 19.5 Å². The summed E-state index contributed by atoms with van der Waals surface area (Å²) in [6.07, 6.45) is 3.02. The molecule has 1 atom stereocenters. The van der Waals surface area contributed by atoms with Gasteiger partial charge in [0.25, 0.3) is 0 Å². The first kappa shape index (κ1) is 13.6. The maximum atomic E-state index is 11.4. The summed E-state index contributed by atoms with van der Waals surface area (Å²) in [7, 11) is 0. The van der Waals surface area contributed by atoms with E-state index in [1.165, 1.54) is 13.0 Å². The standard InChI is InChI=1S/C10H19NO.C2H6/c1-3-10(12)9-6-5-7-11(4-2)8-9;1-2/h9H,3-8H2,1-2H3;1-2H3. The topological polar surface area (TPSA) is 20.3 Å². The number of rotatable bonds is 3. The number of piperidine rings is 1. The summed E-state index contributed by atoms with van der Waals surface area (Å²) >= 11 is 0. The van der Waals surface area contributed by atoms with Crippen LogP contribution in [-0.4, -0.2) is 30.3 Å². The van der Waals surface area contributed by atoms with E-state index in [2.05, 4.69) is 11.8 Å². The zero-order valence-corrected chi connectivity index (χ0v) is 10.2. The number of ketones is 1. The van der Waals surface area contributed by atoms with Crippen LogP contribution in [0.5, 0.6) is 0 Å². The molecule has 0 amide bonds. The maximum absolute atomic E-state index is 11.4. The minimum Gasteiger partial charge on any atom is -0.303 e. The Balaban J connectivity index is 0.000000791. The molecule has 0 saturated carbocycles. The Morgan fingerprint density at radius 3 is 2.50 bits per heavy atom.